The van der Waals surface area contributed by atoms with E-state index in [1.807, 2.05) is 0 Å². The molecule has 5 heteroatoms. The number of carbonyl (C=O) groups excluding carboxylic acids is 1. The second kappa shape index (κ2) is 3.42. The Hall–Kier alpha value is -1.36. The first kappa shape index (κ1) is 9.21. The van der Waals surface area contributed by atoms with E-state index in [1.165, 1.54) is 0 Å². The number of hydrogen-bond donors (Lipinski definition) is 1. The van der Waals surface area contributed by atoms with Gasteiger partial charge in [-0.25, -0.2) is 4.79 Å². The minimum atomic E-state index is -1.10. The zero-order valence-electron chi connectivity index (χ0n) is 7.55. The number of ether oxygens (including phenoxy) is 1. The Balaban J connectivity index is 1.96. The summed E-state index contributed by atoms with van der Waals surface area (Å²) >= 11 is 0. The van der Waals surface area contributed by atoms with Gasteiger partial charge in [-0.2, -0.15) is 0 Å². The minimum Gasteiger partial charge on any atom is -0.478 e. The van der Waals surface area contributed by atoms with Crippen LogP contribution in [0.1, 0.15) is 6.42 Å². The van der Waals surface area contributed by atoms with E-state index in [1.54, 1.807) is 4.90 Å². The first-order valence-corrected chi connectivity index (χ1v) is 4.49. The molecule has 14 heavy (non-hydrogen) atoms. The van der Waals surface area contributed by atoms with E-state index in [0.717, 1.165) is 18.6 Å². The van der Waals surface area contributed by atoms with Gasteiger partial charge < -0.3 is 14.7 Å². The van der Waals surface area contributed by atoms with Gasteiger partial charge in [0.1, 0.15) is 0 Å². The molecule has 0 aliphatic carbocycles. The second-order valence-electron chi connectivity index (χ2n) is 3.50. The highest BCUT2D eigenvalue weighted by atomic mass is 16.5. The van der Waals surface area contributed by atoms with Crippen molar-refractivity contribution in [3.05, 3.63) is 12.2 Å². The lowest BCUT2D eigenvalue weighted by Gasteiger charge is -2.51. The summed E-state index contributed by atoms with van der Waals surface area (Å²) in [5.74, 6) is -1.32. The number of rotatable bonds is 2. The van der Waals surface area contributed by atoms with Crippen molar-refractivity contribution in [1.29, 1.82) is 0 Å². The standard InChI is InChI=1S/C9H11NO4/c11-8(1-2-9(12)13)10-6-3-7(10)5-14-4-6/h1-2,6-7H,3-5H2,(H,12,13)/b2-1+. The molecule has 5 nitrogen and oxygen atoms in total. The number of aliphatic carboxylic acids is 1. The van der Waals surface area contributed by atoms with Crippen molar-refractivity contribution in [2.45, 2.75) is 18.5 Å². The SMILES string of the molecule is O=C(O)/C=C/C(=O)N1C2COCC1C2. The molecule has 0 radical (unpaired) electrons. The largest absolute Gasteiger partial charge is 0.478 e. The summed E-state index contributed by atoms with van der Waals surface area (Å²) < 4.78 is 5.20. The van der Waals surface area contributed by atoms with Gasteiger partial charge in [0.05, 0.1) is 25.3 Å². The Morgan fingerprint density at radius 2 is 1.93 bits per heavy atom. The fourth-order valence-electron chi connectivity index (χ4n) is 1.93. The minimum absolute atomic E-state index is 0.152. The van der Waals surface area contributed by atoms with Crippen LogP contribution >= 0.6 is 0 Å². The van der Waals surface area contributed by atoms with Crippen LogP contribution in [-0.4, -0.2) is 47.2 Å². The summed E-state index contributed by atoms with van der Waals surface area (Å²) in [6.45, 7) is 1.15. The topological polar surface area (TPSA) is 66.8 Å². The maximum absolute atomic E-state index is 11.5. The summed E-state index contributed by atoms with van der Waals surface area (Å²) in [6, 6.07) is 0.305. The Morgan fingerprint density at radius 3 is 2.43 bits per heavy atom. The molecule has 3 saturated heterocycles. The number of morpholine rings is 1. The molecular formula is C9H11NO4. The van der Waals surface area contributed by atoms with Gasteiger partial charge in [-0.15, -0.1) is 0 Å². The monoisotopic (exact) mass is 197 g/mol. The first-order chi connectivity index (χ1) is 6.68. The molecule has 1 N–H and O–H groups in total. The van der Waals surface area contributed by atoms with E-state index in [0.29, 0.717) is 13.2 Å². The van der Waals surface area contributed by atoms with Crippen molar-refractivity contribution < 1.29 is 19.4 Å². The Morgan fingerprint density at radius 1 is 1.29 bits per heavy atom. The van der Waals surface area contributed by atoms with Crippen LogP contribution in [0, 0.1) is 0 Å². The highest BCUT2D eigenvalue weighted by molar-refractivity contribution is 5.94. The molecule has 0 aromatic rings. The van der Waals surface area contributed by atoms with Crippen LogP contribution < -0.4 is 0 Å². The molecule has 3 fully saturated rings. The van der Waals surface area contributed by atoms with Gasteiger partial charge in [0.2, 0.25) is 5.91 Å². The maximum atomic E-state index is 11.5. The van der Waals surface area contributed by atoms with E-state index in [2.05, 4.69) is 0 Å². The number of carbonyl (C=O) groups is 2. The lowest BCUT2D eigenvalue weighted by Crippen LogP contribution is -2.65. The van der Waals surface area contributed by atoms with Gasteiger partial charge in [0.25, 0.3) is 0 Å². The summed E-state index contributed by atoms with van der Waals surface area (Å²) in [4.78, 5) is 23.4. The zero-order valence-corrected chi connectivity index (χ0v) is 7.55. The third-order valence-electron chi connectivity index (χ3n) is 2.57. The zero-order chi connectivity index (χ0) is 10.1. The number of nitrogens with zero attached hydrogens (tertiary/aromatic N) is 1. The van der Waals surface area contributed by atoms with Crippen LogP contribution in [0.4, 0.5) is 0 Å². The number of fused-ring (bicyclic) bond motifs is 2. The van der Waals surface area contributed by atoms with Crippen LogP contribution in [-0.2, 0) is 14.3 Å². The highest BCUT2D eigenvalue weighted by Gasteiger charge is 2.44. The molecule has 3 aliphatic rings. The van der Waals surface area contributed by atoms with E-state index in [9.17, 15) is 9.59 Å². The van der Waals surface area contributed by atoms with Crippen molar-refractivity contribution >= 4 is 11.9 Å². The van der Waals surface area contributed by atoms with Gasteiger partial charge in [0, 0.05) is 12.2 Å². The van der Waals surface area contributed by atoms with Crippen molar-refractivity contribution in [3.8, 4) is 0 Å². The van der Waals surface area contributed by atoms with Gasteiger partial charge in [-0.05, 0) is 6.42 Å². The van der Waals surface area contributed by atoms with Gasteiger partial charge in [0.15, 0.2) is 0 Å². The summed E-state index contributed by atoms with van der Waals surface area (Å²) in [5.41, 5.74) is 0. The number of amides is 1. The molecule has 0 aromatic carbocycles. The smallest absolute Gasteiger partial charge is 0.328 e. The summed E-state index contributed by atoms with van der Waals surface area (Å²) in [6.07, 6.45) is 2.96. The average molecular weight is 197 g/mol. The van der Waals surface area contributed by atoms with Crippen LogP contribution in [0.2, 0.25) is 0 Å². The lowest BCUT2D eigenvalue weighted by atomic mass is 9.91. The van der Waals surface area contributed by atoms with Crippen LogP contribution in [0.3, 0.4) is 0 Å². The quantitative estimate of drug-likeness (QED) is 0.613. The second-order valence-corrected chi connectivity index (χ2v) is 3.50. The molecule has 2 unspecified atom stereocenters. The molecule has 3 rings (SSSR count). The van der Waals surface area contributed by atoms with Gasteiger partial charge in [-0.1, -0.05) is 0 Å². The van der Waals surface area contributed by atoms with E-state index < -0.39 is 5.97 Å². The van der Waals surface area contributed by atoms with Crippen molar-refractivity contribution in [2.24, 2.45) is 0 Å². The molecule has 76 valence electrons. The molecule has 2 bridgehead atoms. The third kappa shape index (κ3) is 1.50. The average Bonchev–Trinajstić information content (AvgIpc) is 2.16. The Kier molecular flexibility index (Phi) is 2.25. The molecular weight excluding hydrogens is 186 g/mol. The summed E-state index contributed by atoms with van der Waals surface area (Å²) in [5, 5.41) is 8.36. The first-order valence-electron chi connectivity index (χ1n) is 4.49. The van der Waals surface area contributed by atoms with Gasteiger partial charge in [-0.3, -0.25) is 4.79 Å². The predicted octanol–water partition coefficient (Wildman–Crippen LogP) is -0.373. The van der Waals surface area contributed by atoms with Crippen LogP contribution in [0.5, 0.6) is 0 Å². The van der Waals surface area contributed by atoms with E-state index >= 15 is 0 Å². The maximum Gasteiger partial charge on any atom is 0.328 e. The number of hydrogen-bond acceptors (Lipinski definition) is 3. The lowest BCUT2D eigenvalue weighted by molar-refractivity contribution is -0.162. The number of carboxylic acids is 1. The Bertz CT molecular complexity index is 285. The van der Waals surface area contributed by atoms with Gasteiger partial charge >= 0.3 is 5.97 Å². The Labute approximate surface area is 80.9 Å². The fraction of sp³-hybridized carbons (Fsp3) is 0.556. The third-order valence-corrected chi connectivity index (χ3v) is 2.57. The van der Waals surface area contributed by atoms with Crippen molar-refractivity contribution in [1.82, 2.24) is 4.90 Å². The van der Waals surface area contributed by atoms with Crippen LogP contribution in [0.25, 0.3) is 0 Å². The molecule has 2 atom stereocenters. The molecule has 3 aliphatic heterocycles. The number of carboxylic acid groups (broad SMARTS) is 1. The fourth-order valence-corrected chi connectivity index (χ4v) is 1.93. The summed E-state index contributed by atoms with van der Waals surface area (Å²) in [7, 11) is 0. The molecule has 3 heterocycles. The molecule has 0 spiro atoms. The molecule has 0 saturated carbocycles. The molecule has 0 aromatic heterocycles. The highest BCUT2D eigenvalue weighted by Crippen LogP contribution is 2.30. The van der Waals surface area contributed by atoms with Crippen LogP contribution in [0.15, 0.2) is 12.2 Å². The van der Waals surface area contributed by atoms with E-state index in [4.69, 9.17) is 9.84 Å². The normalized spacial score (nSPS) is 30.1. The van der Waals surface area contributed by atoms with Crippen molar-refractivity contribution in [3.63, 3.8) is 0 Å². The van der Waals surface area contributed by atoms with Crippen molar-refractivity contribution in [2.75, 3.05) is 13.2 Å². The predicted molar refractivity (Wildman–Crippen MR) is 46.6 cm³/mol. The molecule has 1 amide bonds. The van der Waals surface area contributed by atoms with E-state index in [-0.39, 0.29) is 18.0 Å².